The Hall–Kier alpha value is -0.630. The van der Waals surface area contributed by atoms with Gasteiger partial charge in [-0.3, -0.25) is 0 Å². The normalized spacial score (nSPS) is 16.8. The van der Waals surface area contributed by atoms with Crippen LogP contribution in [0.3, 0.4) is 0 Å². The van der Waals surface area contributed by atoms with Gasteiger partial charge in [-0.2, -0.15) is 0 Å². The molecule has 0 bridgehead atoms. The fraction of sp³-hybridized carbons (Fsp3) is 0.500. The van der Waals surface area contributed by atoms with E-state index in [0.717, 1.165) is 0 Å². The predicted molar refractivity (Wildman–Crippen MR) is 31.4 cm³/mol. The summed E-state index contributed by atoms with van der Waals surface area (Å²) in [6.07, 6.45) is 1.36. The average molecular weight is 114 g/mol. The van der Waals surface area contributed by atoms with Crippen LogP contribution in [-0.2, 0) is 4.79 Å². The van der Waals surface area contributed by atoms with Crippen LogP contribution in [0.4, 0.5) is 0 Å². The third-order valence-electron chi connectivity index (χ3n) is 0.995. The van der Waals surface area contributed by atoms with Gasteiger partial charge in [0.2, 0.25) is 0 Å². The highest BCUT2D eigenvalue weighted by Crippen LogP contribution is 1.97. The topological polar surface area (TPSA) is 37.3 Å². The van der Waals surface area contributed by atoms with Crippen LogP contribution in [0.5, 0.6) is 0 Å². The molecule has 0 heterocycles. The molecule has 0 aromatic rings. The molecule has 2 nitrogen and oxygen atoms in total. The fourth-order valence-electron chi connectivity index (χ4n) is 0.295. The van der Waals surface area contributed by atoms with E-state index in [-0.39, 0.29) is 5.92 Å². The molecule has 0 saturated heterocycles. The smallest absolute Gasteiger partial charge is 0.125 e. The number of aldehydes is 1. The van der Waals surface area contributed by atoms with Crippen LogP contribution in [0.1, 0.15) is 6.92 Å². The first-order valence-electron chi connectivity index (χ1n) is 2.48. The van der Waals surface area contributed by atoms with Gasteiger partial charge in [-0.15, -0.1) is 6.58 Å². The summed E-state index contributed by atoms with van der Waals surface area (Å²) >= 11 is 0. The van der Waals surface area contributed by atoms with Gasteiger partial charge in [0, 0.05) is 5.92 Å². The quantitative estimate of drug-likeness (QED) is 0.425. The van der Waals surface area contributed by atoms with E-state index in [4.69, 9.17) is 5.11 Å². The van der Waals surface area contributed by atoms with Gasteiger partial charge in [-0.25, -0.2) is 0 Å². The second-order valence-corrected chi connectivity index (χ2v) is 1.72. The minimum atomic E-state index is -0.688. The Labute approximate surface area is 48.8 Å². The Morgan fingerprint density at radius 3 is 2.38 bits per heavy atom. The van der Waals surface area contributed by atoms with Crippen molar-refractivity contribution in [1.29, 1.82) is 0 Å². The lowest BCUT2D eigenvalue weighted by atomic mass is 10.1. The number of hydrogen-bond donors (Lipinski definition) is 1. The molecule has 8 heavy (non-hydrogen) atoms. The summed E-state index contributed by atoms with van der Waals surface area (Å²) in [5.74, 6) is -0.326. The molecule has 0 saturated carbocycles. The van der Waals surface area contributed by atoms with E-state index in [1.807, 2.05) is 0 Å². The predicted octanol–water partition coefficient (Wildman–Crippen LogP) is 0.368. The van der Waals surface area contributed by atoms with Crippen LogP contribution in [0.25, 0.3) is 0 Å². The van der Waals surface area contributed by atoms with E-state index in [1.165, 1.54) is 6.08 Å². The molecule has 46 valence electrons. The fourth-order valence-corrected chi connectivity index (χ4v) is 0.295. The molecular formula is C6H10O2. The minimum Gasteiger partial charge on any atom is -0.388 e. The summed E-state index contributed by atoms with van der Waals surface area (Å²) < 4.78 is 0. The van der Waals surface area contributed by atoms with Crippen LogP contribution in [-0.4, -0.2) is 17.5 Å². The standard InChI is InChI=1S/C6H10O2/c1-3-6(8)5(2)4-7/h3-6,8H,1H2,2H3/t5-,6-/m1/s1. The summed E-state index contributed by atoms with van der Waals surface area (Å²) in [7, 11) is 0. The lowest BCUT2D eigenvalue weighted by Crippen LogP contribution is -2.14. The summed E-state index contributed by atoms with van der Waals surface area (Å²) in [5, 5.41) is 8.78. The molecular weight excluding hydrogens is 104 g/mol. The lowest BCUT2D eigenvalue weighted by Gasteiger charge is -2.05. The van der Waals surface area contributed by atoms with Crippen molar-refractivity contribution >= 4 is 6.29 Å². The van der Waals surface area contributed by atoms with Crippen molar-refractivity contribution in [2.24, 2.45) is 5.92 Å². The molecule has 0 spiro atoms. The van der Waals surface area contributed by atoms with Crippen molar-refractivity contribution < 1.29 is 9.90 Å². The van der Waals surface area contributed by atoms with Gasteiger partial charge >= 0.3 is 0 Å². The average Bonchev–Trinajstić information content (AvgIpc) is 1.84. The van der Waals surface area contributed by atoms with Gasteiger partial charge in [0.05, 0.1) is 6.10 Å². The maximum atomic E-state index is 9.90. The summed E-state index contributed by atoms with van der Waals surface area (Å²) in [5.41, 5.74) is 0. The molecule has 0 unspecified atom stereocenters. The van der Waals surface area contributed by atoms with Crippen molar-refractivity contribution in [2.75, 3.05) is 0 Å². The van der Waals surface area contributed by atoms with Gasteiger partial charge in [-0.1, -0.05) is 13.0 Å². The molecule has 1 N–H and O–H groups in total. The van der Waals surface area contributed by atoms with Crippen LogP contribution >= 0.6 is 0 Å². The minimum absolute atomic E-state index is 0.326. The maximum Gasteiger partial charge on any atom is 0.125 e. The van der Waals surface area contributed by atoms with Crippen molar-refractivity contribution in [3.05, 3.63) is 12.7 Å². The lowest BCUT2D eigenvalue weighted by molar-refractivity contribution is -0.112. The molecule has 0 aliphatic heterocycles. The zero-order chi connectivity index (χ0) is 6.57. The third-order valence-corrected chi connectivity index (χ3v) is 0.995. The zero-order valence-corrected chi connectivity index (χ0v) is 4.87. The molecule has 0 aromatic carbocycles. The molecule has 0 aromatic heterocycles. The summed E-state index contributed by atoms with van der Waals surface area (Å²) in [4.78, 5) is 9.90. The van der Waals surface area contributed by atoms with E-state index in [2.05, 4.69) is 6.58 Å². The molecule has 0 rings (SSSR count). The number of carbonyl (C=O) groups is 1. The Morgan fingerprint density at radius 2 is 2.25 bits per heavy atom. The van der Waals surface area contributed by atoms with Gasteiger partial charge in [0.25, 0.3) is 0 Å². The molecule has 0 amide bonds. The Kier molecular flexibility index (Phi) is 3.12. The largest absolute Gasteiger partial charge is 0.388 e. The van der Waals surface area contributed by atoms with Crippen LogP contribution in [0.2, 0.25) is 0 Å². The van der Waals surface area contributed by atoms with Gasteiger partial charge in [0.15, 0.2) is 0 Å². The van der Waals surface area contributed by atoms with Gasteiger partial charge in [0.1, 0.15) is 6.29 Å². The first kappa shape index (κ1) is 7.37. The molecule has 2 atom stereocenters. The van der Waals surface area contributed by atoms with E-state index in [0.29, 0.717) is 6.29 Å². The second kappa shape index (κ2) is 3.38. The van der Waals surface area contributed by atoms with Crippen LogP contribution in [0, 0.1) is 5.92 Å². The van der Waals surface area contributed by atoms with Crippen molar-refractivity contribution in [3.8, 4) is 0 Å². The monoisotopic (exact) mass is 114 g/mol. The maximum absolute atomic E-state index is 9.90. The highest BCUT2D eigenvalue weighted by atomic mass is 16.3. The Balaban J connectivity index is 3.60. The number of hydrogen-bond acceptors (Lipinski definition) is 2. The molecule has 0 aliphatic rings. The van der Waals surface area contributed by atoms with Gasteiger partial charge < -0.3 is 9.90 Å². The van der Waals surface area contributed by atoms with E-state index in [1.54, 1.807) is 6.92 Å². The second-order valence-electron chi connectivity index (χ2n) is 1.72. The molecule has 0 fully saturated rings. The Morgan fingerprint density at radius 1 is 1.75 bits per heavy atom. The zero-order valence-electron chi connectivity index (χ0n) is 4.87. The molecule has 2 heteroatoms. The SMILES string of the molecule is C=C[C@@H](O)[C@H](C)C=O. The first-order valence-corrected chi connectivity index (χ1v) is 2.48. The summed E-state index contributed by atoms with van der Waals surface area (Å²) in [6, 6.07) is 0. The molecule has 0 aliphatic carbocycles. The van der Waals surface area contributed by atoms with E-state index in [9.17, 15) is 4.79 Å². The molecule has 0 radical (unpaired) electrons. The van der Waals surface area contributed by atoms with Gasteiger partial charge in [-0.05, 0) is 0 Å². The van der Waals surface area contributed by atoms with Crippen molar-refractivity contribution in [2.45, 2.75) is 13.0 Å². The van der Waals surface area contributed by atoms with Crippen LogP contribution < -0.4 is 0 Å². The highest BCUT2D eigenvalue weighted by molar-refractivity contribution is 5.54. The number of carbonyl (C=O) groups excluding carboxylic acids is 1. The summed E-state index contributed by atoms with van der Waals surface area (Å²) in [6.45, 7) is 4.96. The third kappa shape index (κ3) is 1.89. The highest BCUT2D eigenvalue weighted by Gasteiger charge is 2.06. The number of aliphatic hydroxyl groups excluding tert-OH is 1. The van der Waals surface area contributed by atoms with Crippen molar-refractivity contribution in [3.63, 3.8) is 0 Å². The van der Waals surface area contributed by atoms with E-state index < -0.39 is 6.10 Å². The first-order chi connectivity index (χ1) is 3.72. The number of aliphatic hydroxyl groups is 1. The Bertz CT molecular complexity index is 76.5. The van der Waals surface area contributed by atoms with Crippen molar-refractivity contribution in [1.82, 2.24) is 0 Å². The van der Waals surface area contributed by atoms with Crippen LogP contribution in [0.15, 0.2) is 12.7 Å². The number of rotatable bonds is 3. The van der Waals surface area contributed by atoms with E-state index >= 15 is 0 Å².